The van der Waals surface area contributed by atoms with Gasteiger partial charge in [0.25, 0.3) is 0 Å². The van der Waals surface area contributed by atoms with E-state index in [9.17, 15) is 25.2 Å². The lowest BCUT2D eigenvalue weighted by Crippen LogP contribution is -2.53. The van der Waals surface area contributed by atoms with Crippen molar-refractivity contribution >= 4 is 5.91 Å². The largest absolute Gasteiger partial charge is 0.394 e. The number of hydrogen-bond donors (Lipinski definition) is 5. The third-order valence-electron chi connectivity index (χ3n) is 10.3. The highest BCUT2D eigenvalue weighted by atomic mass is 16.3. The maximum Gasteiger partial charge on any atom is 0.249 e. The topological polar surface area (TPSA) is 110 Å². The molecular formula is C42H85NO5. The van der Waals surface area contributed by atoms with Crippen LogP contribution >= 0.6 is 0 Å². The standard InChI is InChI=1S/C42H85NO5/c1-3-5-7-9-11-13-15-17-19-20-21-22-24-26-28-30-32-34-36-40(46)42(48)43-38(37-44)41(47)39(45)35-33-31-29-27-25-23-18-16-14-12-10-8-6-4-2/h38-41,44-47H,3-37H2,1-2H3,(H,43,48)/t38-,39+,40-,41-/m0/s1. The van der Waals surface area contributed by atoms with Crippen molar-refractivity contribution < 1.29 is 25.2 Å². The first-order valence-electron chi connectivity index (χ1n) is 21.4. The van der Waals surface area contributed by atoms with Gasteiger partial charge in [-0.15, -0.1) is 0 Å². The van der Waals surface area contributed by atoms with Crippen LogP contribution in [0.2, 0.25) is 0 Å². The molecule has 0 bridgehead atoms. The number of aliphatic hydroxyl groups excluding tert-OH is 4. The zero-order valence-electron chi connectivity index (χ0n) is 32.3. The van der Waals surface area contributed by atoms with Gasteiger partial charge in [0.2, 0.25) is 5.91 Å². The van der Waals surface area contributed by atoms with E-state index < -0.39 is 36.9 Å². The van der Waals surface area contributed by atoms with E-state index in [1.54, 1.807) is 0 Å². The van der Waals surface area contributed by atoms with E-state index in [0.717, 1.165) is 38.5 Å². The monoisotopic (exact) mass is 684 g/mol. The fraction of sp³-hybridized carbons (Fsp3) is 0.976. The molecule has 0 aliphatic heterocycles. The normalized spacial score (nSPS) is 14.2. The van der Waals surface area contributed by atoms with Crippen LogP contribution in [0.1, 0.15) is 232 Å². The Hall–Kier alpha value is -0.690. The molecule has 0 spiro atoms. The third-order valence-corrected chi connectivity index (χ3v) is 10.3. The molecule has 0 fully saturated rings. The van der Waals surface area contributed by atoms with Crippen LogP contribution in [0.4, 0.5) is 0 Å². The molecule has 0 aliphatic rings. The van der Waals surface area contributed by atoms with Gasteiger partial charge >= 0.3 is 0 Å². The summed E-state index contributed by atoms with van der Waals surface area (Å²) in [5.74, 6) is -0.580. The molecule has 288 valence electrons. The van der Waals surface area contributed by atoms with Crippen molar-refractivity contribution in [1.82, 2.24) is 5.32 Å². The number of carbonyl (C=O) groups excluding carboxylic acids is 1. The van der Waals surface area contributed by atoms with Crippen LogP contribution in [-0.4, -0.2) is 57.3 Å². The maximum absolute atomic E-state index is 12.5. The molecule has 0 aromatic rings. The number of carbonyl (C=O) groups is 1. The van der Waals surface area contributed by atoms with E-state index in [1.165, 1.54) is 167 Å². The van der Waals surface area contributed by atoms with Crippen LogP contribution in [0.25, 0.3) is 0 Å². The van der Waals surface area contributed by atoms with Crippen LogP contribution in [0.15, 0.2) is 0 Å². The minimum absolute atomic E-state index is 0.375. The first-order chi connectivity index (χ1) is 23.5. The van der Waals surface area contributed by atoms with Gasteiger partial charge in [-0.1, -0.05) is 219 Å². The van der Waals surface area contributed by atoms with Gasteiger partial charge in [-0.2, -0.15) is 0 Å². The Balaban J connectivity index is 3.71. The molecule has 0 saturated carbocycles. The maximum atomic E-state index is 12.5. The van der Waals surface area contributed by atoms with Crippen molar-refractivity contribution in [3.63, 3.8) is 0 Å². The van der Waals surface area contributed by atoms with Gasteiger partial charge in [0.05, 0.1) is 18.8 Å². The fourth-order valence-corrected chi connectivity index (χ4v) is 6.88. The molecule has 6 nitrogen and oxygen atoms in total. The summed E-state index contributed by atoms with van der Waals surface area (Å²) < 4.78 is 0. The summed E-state index contributed by atoms with van der Waals surface area (Å²) in [5.41, 5.74) is 0. The number of aliphatic hydroxyl groups is 4. The molecule has 0 heterocycles. The van der Waals surface area contributed by atoms with Gasteiger partial charge in [0.15, 0.2) is 0 Å². The summed E-state index contributed by atoms with van der Waals surface area (Å²) in [7, 11) is 0. The summed E-state index contributed by atoms with van der Waals surface area (Å²) in [5, 5.41) is 43.6. The van der Waals surface area contributed by atoms with Gasteiger partial charge in [0, 0.05) is 0 Å². The Morgan fingerprint density at radius 3 is 1.00 bits per heavy atom. The quantitative estimate of drug-likeness (QED) is 0.0414. The van der Waals surface area contributed by atoms with Crippen LogP contribution < -0.4 is 5.32 Å². The summed E-state index contributed by atoms with van der Waals surface area (Å²) in [6.07, 6.45) is 38.4. The SMILES string of the molecule is CCCCCCCCCCCCCCCCCCCC[C@H](O)C(=O)N[C@@H](CO)[C@H](O)[C@H](O)CCCCCCCCCCCCCCCC. The molecule has 0 saturated heterocycles. The first kappa shape index (κ1) is 47.3. The van der Waals surface area contributed by atoms with Crippen molar-refractivity contribution in [2.45, 2.75) is 257 Å². The Kier molecular flexibility index (Phi) is 37.0. The van der Waals surface area contributed by atoms with Gasteiger partial charge in [-0.05, 0) is 12.8 Å². The van der Waals surface area contributed by atoms with Crippen molar-refractivity contribution in [3.8, 4) is 0 Å². The summed E-state index contributed by atoms with van der Waals surface area (Å²) in [6, 6.07) is -0.978. The first-order valence-corrected chi connectivity index (χ1v) is 21.4. The molecule has 0 rings (SSSR count). The van der Waals surface area contributed by atoms with Gasteiger partial charge in [0.1, 0.15) is 12.2 Å². The second kappa shape index (κ2) is 37.6. The molecule has 0 aromatic carbocycles. The molecular weight excluding hydrogens is 598 g/mol. The van der Waals surface area contributed by atoms with Crippen LogP contribution in [0.5, 0.6) is 0 Å². The highest BCUT2D eigenvalue weighted by Crippen LogP contribution is 2.17. The van der Waals surface area contributed by atoms with E-state index in [-0.39, 0.29) is 0 Å². The molecule has 48 heavy (non-hydrogen) atoms. The molecule has 5 N–H and O–H groups in total. The Bertz CT molecular complexity index is 648. The molecule has 0 radical (unpaired) electrons. The Morgan fingerprint density at radius 1 is 0.438 bits per heavy atom. The smallest absolute Gasteiger partial charge is 0.249 e. The average molecular weight is 684 g/mol. The van der Waals surface area contributed by atoms with Gasteiger partial charge < -0.3 is 25.7 Å². The average Bonchev–Trinajstić information content (AvgIpc) is 3.09. The van der Waals surface area contributed by atoms with Crippen molar-refractivity contribution in [3.05, 3.63) is 0 Å². The Morgan fingerprint density at radius 2 is 0.708 bits per heavy atom. The lowest BCUT2D eigenvalue weighted by molar-refractivity contribution is -0.132. The number of unbranched alkanes of at least 4 members (excludes halogenated alkanes) is 30. The van der Waals surface area contributed by atoms with Crippen LogP contribution in [0, 0.1) is 0 Å². The summed E-state index contributed by atoms with van der Waals surface area (Å²) >= 11 is 0. The van der Waals surface area contributed by atoms with Gasteiger partial charge in [-0.25, -0.2) is 0 Å². The molecule has 0 aliphatic carbocycles. The molecule has 4 atom stereocenters. The number of rotatable bonds is 39. The van der Waals surface area contributed by atoms with Crippen molar-refractivity contribution in [2.24, 2.45) is 0 Å². The van der Waals surface area contributed by atoms with Crippen molar-refractivity contribution in [2.75, 3.05) is 6.61 Å². The zero-order chi connectivity index (χ0) is 35.3. The minimum Gasteiger partial charge on any atom is -0.394 e. The predicted molar refractivity (Wildman–Crippen MR) is 205 cm³/mol. The van der Waals surface area contributed by atoms with Crippen LogP contribution in [0.3, 0.4) is 0 Å². The number of hydrogen-bond acceptors (Lipinski definition) is 5. The lowest BCUT2D eigenvalue weighted by Gasteiger charge is -2.27. The number of nitrogens with one attached hydrogen (secondary N) is 1. The predicted octanol–water partition coefficient (Wildman–Crippen LogP) is 10.8. The van der Waals surface area contributed by atoms with E-state index in [0.29, 0.717) is 12.8 Å². The van der Waals surface area contributed by atoms with E-state index in [1.807, 2.05) is 0 Å². The third kappa shape index (κ3) is 31.3. The number of amides is 1. The fourth-order valence-electron chi connectivity index (χ4n) is 6.88. The summed E-state index contributed by atoms with van der Waals surface area (Å²) in [4.78, 5) is 12.5. The van der Waals surface area contributed by atoms with E-state index >= 15 is 0 Å². The molecule has 0 unspecified atom stereocenters. The second-order valence-corrected chi connectivity index (χ2v) is 15.1. The summed E-state index contributed by atoms with van der Waals surface area (Å²) in [6.45, 7) is 4.06. The highest BCUT2D eigenvalue weighted by Gasteiger charge is 2.28. The Labute approximate surface area is 299 Å². The van der Waals surface area contributed by atoms with Gasteiger partial charge in [-0.3, -0.25) is 4.79 Å². The van der Waals surface area contributed by atoms with Crippen molar-refractivity contribution in [1.29, 1.82) is 0 Å². The van der Waals surface area contributed by atoms with Crippen LogP contribution in [-0.2, 0) is 4.79 Å². The van der Waals surface area contributed by atoms with E-state index in [2.05, 4.69) is 19.2 Å². The highest BCUT2D eigenvalue weighted by molar-refractivity contribution is 5.80. The zero-order valence-corrected chi connectivity index (χ0v) is 32.3. The lowest BCUT2D eigenvalue weighted by atomic mass is 9.99. The molecule has 1 amide bonds. The molecule has 6 heteroatoms. The second-order valence-electron chi connectivity index (χ2n) is 15.1. The molecule has 0 aromatic heterocycles. The van der Waals surface area contributed by atoms with E-state index in [4.69, 9.17) is 0 Å². The minimum atomic E-state index is -1.25.